The highest BCUT2D eigenvalue weighted by Gasteiger charge is 2.30. The van der Waals surface area contributed by atoms with E-state index in [-0.39, 0.29) is 17.0 Å². The van der Waals surface area contributed by atoms with E-state index in [9.17, 15) is 23.2 Å². The van der Waals surface area contributed by atoms with Crippen molar-refractivity contribution in [2.75, 3.05) is 5.32 Å². The molecule has 0 aliphatic carbocycles. The van der Waals surface area contributed by atoms with Crippen LogP contribution in [0.5, 0.6) is 0 Å². The highest BCUT2D eigenvalue weighted by Crippen LogP contribution is 2.31. The van der Waals surface area contributed by atoms with Gasteiger partial charge in [0.2, 0.25) is 0 Å². The molecule has 1 heterocycles. The summed E-state index contributed by atoms with van der Waals surface area (Å²) < 4.78 is 44.0. The highest BCUT2D eigenvalue weighted by atomic mass is 35.5. The molecule has 2 aromatic carbocycles. The average Bonchev–Trinajstić information content (AvgIpc) is 3.14. The molecule has 1 N–H and O–H groups in total. The molecule has 29 heavy (non-hydrogen) atoms. The summed E-state index contributed by atoms with van der Waals surface area (Å²) in [5.41, 5.74) is -0.552. The number of amides is 1. The lowest BCUT2D eigenvalue weighted by Crippen LogP contribution is -2.14. The fraction of sp³-hybridized carbons (Fsp3) is 0.0476. The van der Waals surface area contributed by atoms with Crippen LogP contribution in [-0.4, -0.2) is 5.91 Å². The zero-order valence-electron chi connectivity index (χ0n) is 14.6. The zero-order valence-corrected chi connectivity index (χ0v) is 15.4. The first-order valence-corrected chi connectivity index (χ1v) is 8.60. The molecule has 0 spiro atoms. The summed E-state index contributed by atoms with van der Waals surface area (Å²) >= 11 is 5.85. The Morgan fingerprint density at radius 1 is 1.10 bits per heavy atom. The van der Waals surface area contributed by atoms with Crippen molar-refractivity contribution in [3.05, 3.63) is 82.6 Å². The molecule has 0 saturated carbocycles. The Balaban J connectivity index is 1.79. The minimum Gasteiger partial charge on any atom is -0.457 e. The number of halogens is 4. The maximum absolute atomic E-state index is 12.8. The molecule has 0 aliphatic heterocycles. The lowest BCUT2D eigenvalue weighted by atomic mass is 10.1. The van der Waals surface area contributed by atoms with Crippen LogP contribution in [0.1, 0.15) is 11.3 Å². The first-order valence-electron chi connectivity index (χ1n) is 8.22. The van der Waals surface area contributed by atoms with Gasteiger partial charge in [-0.05, 0) is 54.6 Å². The van der Waals surface area contributed by atoms with E-state index in [0.717, 1.165) is 17.7 Å². The smallest absolute Gasteiger partial charge is 0.416 e. The summed E-state index contributed by atoms with van der Waals surface area (Å²) in [4.78, 5) is 12.3. The average molecular weight is 417 g/mol. The van der Waals surface area contributed by atoms with Crippen LogP contribution in [0.15, 0.2) is 70.7 Å². The summed E-state index contributed by atoms with van der Waals surface area (Å²) in [5.74, 6) is -0.106. The number of benzene rings is 2. The maximum atomic E-state index is 12.8. The van der Waals surface area contributed by atoms with Crippen molar-refractivity contribution in [2.45, 2.75) is 6.18 Å². The molecule has 0 bridgehead atoms. The molecular formula is C21H12ClF3N2O2. The molecule has 0 unspecified atom stereocenters. The summed E-state index contributed by atoms with van der Waals surface area (Å²) in [6.45, 7) is 0. The summed E-state index contributed by atoms with van der Waals surface area (Å²) in [6.07, 6.45) is -3.33. The van der Waals surface area contributed by atoms with Crippen molar-refractivity contribution in [3.63, 3.8) is 0 Å². The van der Waals surface area contributed by atoms with Gasteiger partial charge in [0.25, 0.3) is 5.91 Å². The minimum absolute atomic E-state index is 0.0766. The van der Waals surface area contributed by atoms with Crippen molar-refractivity contribution < 1.29 is 22.4 Å². The number of carbonyl (C=O) groups is 1. The van der Waals surface area contributed by atoms with Crippen LogP contribution in [-0.2, 0) is 11.0 Å². The third-order valence-electron chi connectivity index (χ3n) is 3.85. The van der Waals surface area contributed by atoms with Crippen molar-refractivity contribution in [2.24, 2.45) is 0 Å². The van der Waals surface area contributed by atoms with E-state index in [0.29, 0.717) is 10.8 Å². The second-order valence-electron chi connectivity index (χ2n) is 5.91. The fourth-order valence-electron chi connectivity index (χ4n) is 2.46. The molecule has 1 aromatic heterocycles. The Labute approximate surface area is 168 Å². The normalized spacial score (nSPS) is 11.8. The van der Waals surface area contributed by atoms with Crippen molar-refractivity contribution in [1.29, 1.82) is 5.26 Å². The van der Waals surface area contributed by atoms with E-state index in [1.165, 1.54) is 18.2 Å². The van der Waals surface area contributed by atoms with E-state index in [1.54, 1.807) is 42.5 Å². The lowest BCUT2D eigenvalue weighted by Gasteiger charge is -2.09. The Morgan fingerprint density at radius 2 is 1.83 bits per heavy atom. The van der Waals surface area contributed by atoms with Crippen molar-refractivity contribution in [1.82, 2.24) is 0 Å². The van der Waals surface area contributed by atoms with Gasteiger partial charge < -0.3 is 9.73 Å². The number of anilines is 1. The van der Waals surface area contributed by atoms with Gasteiger partial charge in [-0.2, -0.15) is 18.4 Å². The van der Waals surface area contributed by atoms with Gasteiger partial charge >= 0.3 is 6.18 Å². The number of alkyl halides is 3. The number of nitrogens with zero attached hydrogens (tertiary/aromatic N) is 1. The standard InChI is InChI=1S/C21H12ClF3N2O2/c22-16-6-4-13(5-7-16)19-9-8-18(29-19)10-14(12-26)20(28)27-17-3-1-2-15(11-17)21(23,24)25/h1-11H,(H,27,28)/b14-10-. The van der Waals surface area contributed by atoms with Crippen LogP contribution in [0.4, 0.5) is 18.9 Å². The van der Waals surface area contributed by atoms with Crippen LogP contribution in [0.3, 0.4) is 0 Å². The fourth-order valence-corrected chi connectivity index (χ4v) is 2.59. The molecule has 4 nitrogen and oxygen atoms in total. The SMILES string of the molecule is N#C/C(=C/c1ccc(-c2ccc(Cl)cc2)o1)C(=O)Nc1cccc(C(F)(F)F)c1. The summed E-state index contributed by atoms with van der Waals surface area (Å²) in [5, 5.41) is 12.1. The number of nitriles is 1. The van der Waals surface area contributed by atoms with E-state index >= 15 is 0 Å². The highest BCUT2D eigenvalue weighted by molar-refractivity contribution is 6.30. The predicted octanol–water partition coefficient (Wildman–Crippen LogP) is 6.16. The quantitative estimate of drug-likeness (QED) is 0.409. The number of rotatable bonds is 4. The molecule has 8 heteroatoms. The van der Waals surface area contributed by atoms with Gasteiger partial charge in [-0.15, -0.1) is 0 Å². The maximum Gasteiger partial charge on any atom is 0.416 e. The largest absolute Gasteiger partial charge is 0.457 e. The summed E-state index contributed by atoms with van der Waals surface area (Å²) in [7, 11) is 0. The minimum atomic E-state index is -4.54. The molecule has 0 aliphatic rings. The Kier molecular flexibility index (Phi) is 5.76. The molecule has 3 aromatic rings. The zero-order chi connectivity index (χ0) is 21.0. The van der Waals surface area contributed by atoms with E-state index < -0.39 is 17.6 Å². The molecule has 1 amide bonds. The van der Waals surface area contributed by atoms with Crippen molar-refractivity contribution in [3.8, 4) is 17.4 Å². The van der Waals surface area contributed by atoms with E-state index in [1.807, 2.05) is 0 Å². The Hall–Kier alpha value is -3.50. The lowest BCUT2D eigenvalue weighted by molar-refractivity contribution is -0.137. The van der Waals surface area contributed by atoms with Gasteiger partial charge in [0.1, 0.15) is 23.2 Å². The van der Waals surface area contributed by atoms with Gasteiger partial charge in [0.05, 0.1) is 5.56 Å². The molecule has 146 valence electrons. The Bertz CT molecular complexity index is 1110. The predicted molar refractivity (Wildman–Crippen MR) is 103 cm³/mol. The van der Waals surface area contributed by atoms with Gasteiger partial charge in [0, 0.05) is 22.3 Å². The second kappa shape index (κ2) is 8.25. The van der Waals surface area contributed by atoms with E-state index in [4.69, 9.17) is 16.0 Å². The Morgan fingerprint density at radius 3 is 2.48 bits per heavy atom. The molecule has 0 fully saturated rings. The molecule has 3 rings (SSSR count). The van der Waals surface area contributed by atoms with Gasteiger partial charge in [-0.1, -0.05) is 17.7 Å². The summed E-state index contributed by atoms with van der Waals surface area (Å²) in [6, 6.07) is 16.0. The monoisotopic (exact) mass is 416 g/mol. The van der Waals surface area contributed by atoms with Crippen LogP contribution in [0.25, 0.3) is 17.4 Å². The molecule has 0 radical (unpaired) electrons. The van der Waals surface area contributed by atoms with Gasteiger partial charge in [-0.25, -0.2) is 0 Å². The van der Waals surface area contributed by atoms with Crippen LogP contribution < -0.4 is 5.32 Å². The van der Waals surface area contributed by atoms with Gasteiger partial charge in [-0.3, -0.25) is 4.79 Å². The van der Waals surface area contributed by atoms with Crippen LogP contribution >= 0.6 is 11.6 Å². The first kappa shape index (κ1) is 20.2. The molecule has 0 saturated heterocycles. The van der Waals surface area contributed by atoms with Crippen LogP contribution in [0, 0.1) is 11.3 Å². The molecular weight excluding hydrogens is 405 g/mol. The third kappa shape index (κ3) is 5.06. The van der Waals surface area contributed by atoms with Crippen molar-refractivity contribution >= 4 is 29.3 Å². The van der Waals surface area contributed by atoms with Crippen LogP contribution in [0.2, 0.25) is 5.02 Å². The third-order valence-corrected chi connectivity index (χ3v) is 4.11. The van der Waals surface area contributed by atoms with E-state index in [2.05, 4.69) is 5.32 Å². The molecule has 0 atom stereocenters. The van der Waals surface area contributed by atoms with Gasteiger partial charge in [0.15, 0.2) is 0 Å². The second-order valence-corrected chi connectivity index (χ2v) is 6.35. The number of carbonyl (C=O) groups excluding carboxylic acids is 1. The number of hydrogen-bond donors (Lipinski definition) is 1. The number of furan rings is 1. The first-order chi connectivity index (χ1) is 13.8. The topological polar surface area (TPSA) is 66.0 Å². The number of nitrogens with one attached hydrogen (secondary N) is 1. The number of hydrogen-bond acceptors (Lipinski definition) is 3.